The zero-order valence-electron chi connectivity index (χ0n) is 20.1. The Morgan fingerprint density at radius 2 is 1.59 bits per heavy atom. The van der Waals surface area contributed by atoms with Crippen LogP contribution in [0.4, 0.5) is 0 Å². The maximum atomic E-state index is 13.5. The molecule has 0 saturated carbocycles. The summed E-state index contributed by atoms with van der Waals surface area (Å²) < 4.78 is 6.92. The fourth-order valence-corrected chi connectivity index (χ4v) is 4.17. The van der Waals surface area contributed by atoms with Crippen LogP contribution in [0.2, 0.25) is 0 Å². The Labute approximate surface area is 210 Å². The molecule has 0 aliphatic carbocycles. The van der Waals surface area contributed by atoms with Crippen molar-refractivity contribution in [2.45, 2.75) is 39.8 Å². The Morgan fingerprint density at radius 3 is 2.21 bits per heavy atom. The summed E-state index contributed by atoms with van der Waals surface area (Å²) in [6.07, 6.45) is 0.411. The van der Waals surface area contributed by atoms with Crippen LogP contribution in [0.15, 0.2) is 71.2 Å². The number of likely N-dealkylation sites (N-methyl/N-ethyl adjacent to an activating group) is 1. The molecule has 0 heterocycles. The molecule has 0 aromatic heterocycles. The second-order valence-corrected chi connectivity index (χ2v) is 9.28. The molecule has 0 spiro atoms. The summed E-state index contributed by atoms with van der Waals surface area (Å²) in [7, 11) is 1.60. The summed E-state index contributed by atoms with van der Waals surface area (Å²) in [5, 5.41) is 2.73. The molecule has 2 amide bonds. The van der Waals surface area contributed by atoms with Crippen molar-refractivity contribution in [1.82, 2.24) is 10.2 Å². The molecule has 3 aromatic rings. The standard InChI is InChI=1S/C28H31BrN2O3/c1-19-9-8-12-23(13-19)17-31(25(28(33)30-4)16-22-10-6-5-7-11-22)26(32)18-34-24-14-20(2)27(29)21(3)15-24/h5-15,25H,16-18H2,1-4H3,(H,30,33). The Hall–Kier alpha value is -3.12. The molecule has 0 bridgehead atoms. The molecular weight excluding hydrogens is 492 g/mol. The molecule has 0 saturated heterocycles. The molecule has 0 aliphatic heterocycles. The van der Waals surface area contributed by atoms with Crippen LogP contribution >= 0.6 is 15.9 Å². The minimum atomic E-state index is -0.669. The number of halogens is 1. The van der Waals surface area contributed by atoms with Crippen molar-refractivity contribution in [2.75, 3.05) is 13.7 Å². The Morgan fingerprint density at radius 1 is 0.941 bits per heavy atom. The molecule has 5 nitrogen and oxygen atoms in total. The first-order valence-corrected chi connectivity index (χ1v) is 12.1. The molecule has 0 aliphatic rings. The van der Waals surface area contributed by atoms with Gasteiger partial charge in [0.25, 0.3) is 5.91 Å². The van der Waals surface area contributed by atoms with E-state index in [1.165, 1.54) is 0 Å². The molecule has 1 atom stereocenters. The van der Waals surface area contributed by atoms with Crippen LogP contribution in [0.5, 0.6) is 5.75 Å². The zero-order valence-corrected chi connectivity index (χ0v) is 21.7. The number of nitrogens with one attached hydrogen (secondary N) is 1. The van der Waals surface area contributed by atoms with E-state index in [0.29, 0.717) is 18.7 Å². The summed E-state index contributed by atoms with van der Waals surface area (Å²) in [5.41, 5.74) is 5.11. The van der Waals surface area contributed by atoms with Gasteiger partial charge in [-0.3, -0.25) is 9.59 Å². The van der Waals surface area contributed by atoms with E-state index < -0.39 is 6.04 Å². The molecule has 6 heteroatoms. The number of nitrogens with zero attached hydrogens (tertiary/aromatic N) is 1. The van der Waals surface area contributed by atoms with Crippen LogP contribution in [0, 0.1) is 20.8 Å². The third-order valence-electron chi connectivity index (χ3n) is 5.73. The van der Waals surface area contributed by atoms with Crippen molar-refractivity contribution in [3.8, 4) is 5.75 Å². The molecule has 3 aromatic carbocycles. The monoisotopic (exact) mass is 522 g/mol. The predicted molar refractivity (Wildman–Crippen MR) is 139 cm³/mol. The lowest BCUT2D eigenvalue weighted by Crippen LogP contribution is -2.51. The Kier molecular flexibility index (Phi) is 8.88. The number of carbonyl (C=O) groups excluding carboxylic acids is 2. The molecule has 0 radical (unpaired) electrons. The summed E-state index contributed by atoms with van der Waals surface area (Å²) in [4.78, 5) is 28.1. The smallest absolute Gasteiger partial charge is 0.261 e. The van der Waals surface area contributed by atoms with Gasteiger partial charge in [0.15, 0.2) is 6.61 Å². The van der Waals surface area contributed by atoms with Crippen LogP contribution in [0.25, 0.3) is 0 Å². The minimum absolute atomic E-state index is 0.158. The van der Waals surface area contributed by atoms with Crippen LogP contribution < -0.4 is 10.1 Å². The summed E-state index contributed by atoms with van der Waals surface area (Å²) in [6.45, 7) is 6.13. The topological polar surface area (TPSA) is 58.6 Å². The third kappa shape index (κ3) is 6.70. The maximum Gasteiger partial charge on any atom is 0.261 e. The zero-order chi connectivity index (χ0) is 24.7. The molecule has 0 fully saturated rings. The second-order valence-electron chi connectivity index (χ2n) is 8.49. The van der Waals surface area contributed by atoms with Gasteiger partial charge >= 0.3 is 0 Å². The van der Waals surface area contributed by atoms with E-state index in [-0.39, 0.29) is 18.4 Å². The van der Waals surface area contributed by atoms with Crippen LogP contribution in [-0.4, -0.2) is 36.4 Å². The Balaban J connectivity index is 1.89. The van der Waals surface area contributed by atoms with Gasteiger partial charge in [-0.1, -0.05) is 76.1 Å². The van der Waals surface area contributed by atoms with Gasteiger partial charge in [0.2, 0.25) is 5.91 Å². The first kappa shape index (κ1) is 25.5. The highest BCUT2D eigenvalue weighted by molar-refractivity contribution is 9.10. The van der Waals surface area contributed by atoms with Crippen molar-refractivity contribution in [2.24, 2.45) is 0 Å². The van der Waals surface area contributed by atoms with Crippen molar-refractivity contribution in [3.63, 3.8) is 0 Å². The number of hydrogen-bond acceptors (Lipinski definition) is 3. The molecule has 1 unspecified atom stereocenters. The number of rotatable bonds is 9. The Bertz CT molecular complexity index is 1120. The average molecular weight is 523 g/mol. The highest BCUT2D eigenvalue weighted by atomic mass is 79.9. The predicted octanol–water partition coefficient (Wildman–Crippen LogP) is 5.14. The number of ether oxygens (including phenoxy) is 1. The van der Waals surface area contributed by atoms with Crippen molar-refractivity contribution >= 4 is 27.7 Å². The SMILES string of the molecule is CNC(=O)C(Cc1ccccc1)N(Cc1cccc(C)c1)C(=O)COc1cc(C)c(Br)c(C)c1. The highest BCUT2D eigenvalue weighted by Crippen LogP contribution is 2.26. The van der Waals surface area contributed by atoms with Gasteiger partial charge in [-0.15, -0.1) is 0 Å². The van der Waals surface area contributed by atoms with Crippen molar-refractivity contribution in [1.29, 1.82) is 0 Å². The molecule has 178 valence electrons. The highest BCUT2D eigenvalue weighted by Gasteiger charge is 2.30. The quantitative estimate of drug-likeness (QED) is 0.423. The van der Waals surface area contributed by atoms with Gasteiger partial charge in [0, 0.05) is 24.5 Å². The first-order valence-electron chi connectivity index (χ1n) is 11.3. The van der Waals surface area contributed by atoms with Gasteiger partial charge in [0.1, 0.15) is 11.8 Å². The maximum absolute atomic E-state index is 13.5. The van der Waals surface area contributed by atoms with Crippen LogP contribution in [0.1, 0.15) is 27.8 Å². The summed E-state index contributed by atoms with van der Waals surface area (Å²) >= 11 is 3.56. The number of amides is 2. The molecule has 3 rings (SSSR count). The van der Waals surface area contributed by atoms with Gasteiger partial charge in [-0.2, -0.15) is 0 Å². The third-order valence-corrected chi connectivity index (χ3v) is 6.98. The minimum Gasteiger partial charge on any atom is -0.484 e. The second kappa shape index (κ2) is 11.8. The molecular formula is C28H31BrN2O3. The van der Waals surface area contributed by atoms with E-state index in [2.05, 4.69) is 21.2 Å². The lowest BCUT2D eigenvalue weighted by Gasteiger charge is -2.31. The normalized spacial score (nSPS) is 11.6. The van der Waals surface area contributed by atoms with Gasteiger partial charge in [-0.05, 0) is 55.2 Å². The van der Waals surface area contributed by atoms with E-state index in [0.717, 1.165) is 32.3 Å². The molecule has 34 heavy (non-hydrogen) atoms. The largest absolute Gasteiger partial charge is 0.484 e. The summed E-state index contributed by atoms with van der Waals surface area (Å²) in [6, 6.07) is 20.8. The number of benzene rings is 3. The van der Waals surface area contributed by atoms with Gasteiger partial charge in [-0.25, -0.2) is 0 Å². The van der Waals surface area contributed by atoms with E-state index in [4.69, 9.17) is 4.74 Å². The van der Waals surface area contributed by atoms with E-state index in [1.54, 1.807) is 11.9 Å². The van der Waals surface area contributed by atoms with E-state index in [9.17, 15) is 9.59 Å². The van der Waals surface area contributed by atoms with E-state index in [1.807, 2.05) is 87.5 Å². The van der Waals surface area contributed by atoms with Gasteiger partial charge < -0.3 is 15.0 Å². The van der Waals surface area contributed by atoms with Crippen molar-refractivity contribution in [3.05, 3.63) is 99.0 Å². The van der Waals surface area contributed by atoms with Crippen molar-refractivity contribution < 1.29 is 14.3 Å². The van der Waals surface area contributed by atoms with E-state index >= 15 is 0 Å². The number of carbonyl (C=O) groups is 2. The number of aryl methyl sites for hydroxylation is 3. The average Bonchev–Trinajstić information content (AvgIpc) is 2.83. The first-order chi connectivity index (χ1) is 16.3. The van der Waals surface area contributed by atoms with Crippen LogP contribution in [-0.2, 0) is 22.6 Å². The lowest BCUT2D eigenvalue weighted by molar-refractivity contribution is -0.142. The summed E-state index contributed by atoms with van der Waals surface area (Å²) in [5.74, 6) is 0.172. The lowest BCUT2D eigenvalue weighted by atomic mass is 10.0. The van der Waals surface area contributed by atoms with Crippen LogP contribution in [0.3, 0.4) is 0 Å². The molecule has 1 N–H and O–H groups in total. The fraction of sp³-hybridized carbons (Fsp3) is 0.286. The van der Waals surface area contributed by atoms with Gasteiger partial charge in [0.05, 0.1) is 0 Å². The number of hydrogen-bond donors (Lipinski definition) is 1. The fourth-order valence-electron chi connectivity index (χ4n) is 3.95.